The lowest BCUT2D eigenvalue weighted by molar-refractivity contribution is 0.708. The Bertz CT molecular complexity index is 58.1. The molecule has 0 spiro atoms. The van der Waals surface area contributed by atoms with Crippen LogP contribution in [-0.4, -0.2) is 16.1 Å². The standard InChI is InChI=1S/C6H12Cl2.CHCl3/c7-5-3-1-2-4-6-8;2-1(3)4/h1-6H2;1H. The van der Waals surface area contributed by atoms with Gasteiger partial charge in [-0.3, -0.25) is 0 Å². The second-order valence-electron chi connectivity index (χ2n) is 2.04. The second-order valence-corrected chi connectivity index (χ2v) is 4.78. The van der Waals surface area contributed by atoms with E-state index in [4.69, 9.17) is 58.0 Å². The maximum absolute atomic E-state index is 5.45. The average molecular weight is 274 g/mol. The molecule has 0 saturated heterocycles. The summed E-state index contributed by atoms with van der Waals surface area (Å²) in [6, 6.07) is 0. The van der Waals surface area contributed by atoms with E-state index in [1.807, 2.05) is 0 Å². The van der Waals surface area contributed by atoms with E-state index < -0.39 is 4.30 Å². The molecule has 0 bridgehead atoms. The highest BCUT2D eigenvalue weighted by Crippen LogP contribution is 2.03. The molecule has 0 radical (unpaired) electrons. The highest BCUT2D eigenvalue weighted by Gasteiger charge is 1.85. The third-order valence-electron chi connectivity index (χ3n) is 1.02. The zero-order valence-electron chi connectivity index (χ0n) is 6.71. The largest absolute Gasteiger partial charge is 0.180 e. The van der Waals surface area contributed by atoms with Crippen molar-refractivity contribution in [2.75, 3.05) is 11.8 Å². The smallest absolute Gasteiger partial charge is 0.127 e. The first kappa shape index (κ1) is 15.9. The van der Waals surface area contributed by atoms with Crippen LogP contribution in [0.1, 0.15) is 25.7 Å². The first-order valence-electron chi connectivity index (χ1n) is 3.69. The molecule has 0 heterocycles. The van der Waals surface area contributed by atoms with E-state index in [0.29, 0.717) is 0 Å². The average Bonchev–Trinajstić information content (AvgIpc) is 1.97. The molecule has 0 fully saturated rings. The quantitative estimate of drug-likeness (QED) is 0.488. The van der Waals surface area contributed by atoms with Gasteiger partial charge in [-0.2, -0.15) is 0 Å². The van der Waals surface area contributed by atoms with Gasteiger partial charge >= 0.3 is 0 Å². The van der Waals surface area contributed by atoms with E-state index >= 15 is 0 Å². The first-order chi connectivity index (χ1) is 5.65. The summed E-state index contributed by atoms with van der Waals surface area (Å²) in [6.45, 7) is 0. The predicted octanol–water partition coefficient (Wildman–Crippen LogP) is 5.01. The fraction of sp³-hybridized carbons (Fsp3) is 1.00. The molecule has 0 nitrogen and oxygen atoms in total. The normalized spacial score (nSPS) is 9.50. The summed E-state index contributed by atoms with van der Waals surface area (Å²) in [4.78, 5) is 0. The Morgan fingerprint density at radius 3 is 1.08 bits per heavy atom. The summed E-state index contributed by atoms with van der Waals surface area (Å²) in [5, 5.41) is 0. The van der Waals surface area contributed by atoms with Gasteiger partial charge in [-0.25, -0.2) is 0 Å². The summed E-state index contributed by atoms with van der Waals surface area (Å²) in [5.74, 6) is 1.59. The minimum atomic E-state index is -0.750. The number of hydrogen-bond donors (Lipinski definition) is 0. The van der Waals surface area contributed by atoms with Crippen molar-refractivity contribution in [2.45, 2.75) is 30.0 Å². The Hall–Kier alpha value is 1.45. The van der Waals surface area contributed by atoms with Crippen molar-refractivity contribution in [2.24, 2.45) is 0 Å². The Morgan fingerprint density at radius 1 is 0.667 bits per heavy atom. The van der Waals surface area contributed by atoms with Crippen molar-refractivity contribution in [3.63, 3.8) is 0 Å². The lowest BCUT2D eigenvalue weighted by Crippen LogP contribution is -1.78. The van der Waals surface area contributed by atoms with Crippen LogP contribution in [0.4, 0.5) is 0 Å². The Labute approximate surface area is 99.5 Å². The third kappa shape index (κ3) is 30.1. The molecule has 0 saturated carbocycles. The van der Waals surface area contributed by atoms with E-state index in [1.165, 1.54) is 12.8 Å². The van der Waals surface area contributed by atoms with Crippen LogP contribution in [0.5, 0.6) is 0 Å². The highest BCUT2D eigenvalue weighted by molar-refractivity contribution is 6.63. The van der Waals surface area contributed by atoms with Gasteiger partial charge in [-0.1, -0.05) is 47.6 Å². The predicted molar refractivity (Wildman–Crippen MR) is 61.3 cm³/mol. The van der Waals surface area contributed by atoms with Gasteiger partial charge in [0.1, 0.15) is 0 Å². The van der Waals surface area contributed by atoms with Gasteiger partial charge in [0.25, 0.3) is 0 Å². The lowest BCUT2D eigenvalue weighted by atomic mass is 10.2. The van der Waals surface area contributed by atoms with E-state index in [2.05, 4.69) is 0 Å². The van der Waals surface area contributed by atoms with E-state index in [0.717, 1.165) is 24.6 Å². The van der Waals surface area contributed by atoms with Crippen molar-refractivity contribution < 1.29 is 0 Å². The number of alkyl halides is 5. The van der Waals surface area contributed by atoms with Gasteiger partial charge in [0.05, 0.1) is 0 Å². The molecule has 76 valence electrons. The minimum absolute atomic E-state index is 0.750. The Balaban J connectivity index is 0. The first-order valence-corrected chi connectivity index (χ1v) is 6.07. The number of halogens is 5. The van der Waals surface area contributed by atoms with Gasteiger partial charge in [-0.05, 0) is 12.8 Å². The molecule has 12 heavy (non-hydrogen) atoms. The van der Waals surface area contributed by atoms with Crippen molar-refractivity contribution in [1.82, 2.24) is 0 Å². The zero-order valence-corrected chi connectivity index (χ0v) is 10.5. The maximum Gasteiger partial charge on any atom is 0.180 e. The Kier molecular flexibility index (Phi) is 19.8. The van der Waals surface area contributed by atoms with Crippen molar-refractivity contribution in [3.05, 3.63) is 0 Å². The van der Waals surface area contributed by atoms with Gasteiger partial charge in [0.2, 0.25) is 0 Å². The summed E-state index contributed by atoms with van der Waals surface area (Å²) >= 11 is 25.3. The van der Waals surface area contributed by atoms with E-state index in [9.17, 15) is 0 Å². The molecule has 0 amide bonds. The molecule has 0 aliphatic carbocycles. The van der Waals surface area contributed by atoms with E-state index in [-0.39, 0.29) is 0 Å². The maximum atomic E-state index is 5.45. The topological polar surface area (TPSA) is 0 Å². The monoisotopic (exact) mass is 272 g/mol. The number of hydrogen-bond acceptors (Lipinski definition) is 0. The fourth-order valence-corrected chi connectivity index (χ4v) is 0.921. The highest BCUT2D eigenvalue weighted by atomic mass is 35.6. The Morgan fingerprint density at radius 2 is 0.917 bits per heavy atom. The van der Waals surface area contributed by atoms with Crippen LogP contribution in [0.2, 0.25) is 0 Å². The zero-order chi connectivity index (χ0) is 9.82. The van der Waals surface area contributed by atoms with Crippen LogP contribution in [0.3, 0.4) is 0 Å². The van der Waals surface area contributed by atoms with Crippen molar-refractivity contribution >= 4 is 58.0 Å². The fourth-order valence-electron chi connectivity index (χ4n) is 0.543. The van der Waals surface area contributed by atoms with E-state index in [1.54, 1.807) is 0 Å². The van der Waals surface area contributed by atoms with Crippen molar-refractivity contribution in [3.8, 4) is 0 Å². The third-order valence-corrected chi connectivity index (χ3v) is 1.55. The van der Waals surface area contributed by atoms with Gasteiger partial charge in [-0.15, -0.1) is 23.2 Å². The molecule has 0 rings (SSSR count). The molecule has 0 aliphatic heterocycles. The molecule has 0 aliphatic rings. The van der Waals surface area contributed by atoms with Crippen LogP contribution < -0.4 is 0 Å². The van der Waals surface area contributed by atoms with Crippen LogP contribution in [0, 0.1) is 0 Å². The van der Waals surface area contributed by atoms with Gasteiger partial charge in [0.15, 0.2) is 4.30 Å². The molecule has 0 atom stereocenters. The lowest BCUT2D eigenvalue weighted by Gasteiger charge is -1.92. The summed E-state index contributed by atoms with van der Waals surface area (Å²) in [7, 11) is 0. The van der Waals surface area contributed by atoms with Crippen LogP contribution in [0.25, 0.3) is 0 Å². The number of unbranched alkanes of at least 4 members (excludes halogenated alkanes) is 3. The van der Waals surface area contributed by atoms with Crippen molar-refractivity contribution in [1.29, 1.82) is 0 Å². The SMILES string of the molecule is ClC(Cl)Cl.ClCCCCCCCl. The molecule has 0 N–H and O–H groups in total. The van der Waals surface area contributed by atoms with Crippen LogP contribution >= 0.6 is 58.0 Å². The molecular formula is C7H13Cl5. The molecule has 0 aromatic carbocycles. The van der Waals surface area contributed by atoms with Crippen LogP contribution in [0.15, 0.2) is 0 Å². The summed E-state index contributed by atoms with van der Waals surface area (Å²) in [6.07, 6.45) is 4.74. The molecule has 0 aromatic rings. The van der Waals surface area contributed by atoms with Gasteiger partial charge in [0, 0.05) is 11.8 Å². The molecule has 5 heteroatoms. The molecular weight excluding hydrogens is 261 g/mol. The van der Waals surface area contributed by atoms with Gasteiger partial charge < -0.3 is 0 Å². The minimum Gasteiger partial charge on any atom is -0.127 e. The second kappa shape index (κ2) is 14.9. The molecule has 0 aromatic heterocycles. The summed E-state index contributed by atoms with van der Waals surface area (Å²) < 4.78 is -0.750. The molecule has 0 unspecified atom stereocenters. The van der Waals surface area contributed by atoms with Crippen LogP contribution in [-0.2, 0) is 0 Å². The number of rotatable bonds is 5. The summed E-state index contributed by atoms with van der Waals surface area (Å²) in [5.41, 5.74) is 0.